The second kappa shape index (κ2) is 7.58. The molecule has 0 aliphatic rings. The number of hydrogen-bond acceptors (Lipinski definition) is 2. The lowest BCUT2D eigenvalue weighted by Crippen LogP contribution is -2.17. The van der Waals surface area contributed by atoms with Crippen molar-refractivity contribution in [2.45, 2.75) is 19.8 Å². The Kier molecular flexibility index (Phi) is 5.01. The van der Waals surface area contributed by atoms with Crippen LogP contribution in [0.3, 0.4) is 0 Å². The van der Waals surface area contributed by atoms with E-state index in [1.54, 1.807) is 12.1 Å². The largest absolute Gasteiger partial charge is 0.507 e. The maximum atomic E-state index is 10.8. The normalized spacial score (nSPS) is 11.5. The van der Waals surface area contributed by atoms with E-state index in [0.29, 0.717) is 11.5 Å². The van der Waals surface area contributed by atoms with E-state index in [1.807, 2.05) is 36.4 Å². The monoisotopic (exact) mass is 374 g/mol. The van der Waals surface area contributed by atoms with Gasteiger partial charge in [0.2, 0.25) is 0 Å². The molecule has 0 aliphatic carbocycles. The minimum absolute atomic E-state index is 0.322. The van der Waals surface area contributed by atoms with Gasteiger partial charge < -0.3 is 10.2 Å². The molecule has 4 rings (SSSR count). The Balaban J connectivity index is 2.03. The van der Waals surface area contributed by atoms with E-state index in [4.69, 9.17) is 0 Å². The maximum Gasteiger partial charge on any atom is 0.124 e. The van der Waals surface area contributed by atoms with Crippen molar-refractivity contribution in [2.75, 3.05) is 6.16 Å². The summed E-state index contributed by atoms with van der Waals surface area (Å²) in [6.07, 6.45) is 3.07. The van der Waals surface area contributed by atoms with Crippen molar-refractivity contribution in [3.63, 3.8) is 0 Å². The molecule has 4 aromatic carbocycles. The van der Waals surface area contributed by atoms with Crippen molar-refractivity contribution in [1.29, 1.82) is 0 Å². The molecule has 3 heteroatoms. The highest BCUT2D eigenvalue weighted by molar-refractivity contribution is 7.74. The molecule has 0 aromatic heterocycles. The van der Waals surface area contributed by atoms with Gasteiger partial charge in [0.05, 0.1) is 0 Å². The Morgan fingerprint density at radius 3 is 1.63 bits per heavy atom. The number of rotatable bonds is 5. The van der Waals surface area contributed by atoms with Crippen LogP contribution in [-0.2, 0) is 0 Å². The molecule has 136 valence electrons. The summed E-state index contributed by atoms with van der Waals surface area (Å²) in [6.45, 7) is 2.18. The van der Waals surface area contributed by atoms with E-state index in [1.165, 1.54) is 0 Å². The Bertz CT molecular complexity index is 1020. The highest BCUT2D eigenvalue weighted by Gasteiger charge is 2.24. The number of phenols is 2. The third-order valence-electron chi connectivity index (χ3n) is 5.03. The average molecular weight is 374 g/mol. The smallest absolute Gasteiger partial charge is 0.124 e. The van der Waals surface area contributed by atoms with E-state index in [0.717, 1.165) is 51.2 Å². The van der Waals surface area contributed by atoms with Crippen molar-refractivity contribution in [1.82, 2.24) is 0 Å². The van der Waals surface area contributed by atoms with Crippen LogP contribution in [0.15, 0.2) is 72.8 Å². The molecule has 0 heterocycles. The Hall–Kier alpha value is -2.57. The van der Waals surface area contributed by atoms with Gasteiger partial charge in [0.1, 0.15) is 11.5 Å². The second-order valence-electron chi connectivity index (χ2n) is 6.81. The summed E-state index contributed by atoms with van der Waals surface area (Å²) in [5.74, 6) is 0.645. The average Bonchev–Trinajstić information content (AvgIpc) is 2.70. The minimum atomic E-state index is -0.898. The first-order chi connectivity index (χ1) is 13.2. The summed E-state index contributed by atoms with van der Waals surface area (Å²) in [4.78, 5) is 0. The van der Waals surface area contributed by atoms with Gasteiger partial charge in [0, 0.05) is 10.6 Å². The van der Waals surface area contributed by atoms with Crippen molar-refractivity contribution in [3.8, 4) is 11.5 Å². The first-order valence-electron chi connectivity index (χ1n) is 9.39. The zero-order chi connectivity index (χ0) is 18.8. The maximum absolute atomic E-state index is 10.8. The van der Waals surface area contributed by atoms with Crippen LogP contribution < -0.4 is 10.6 Å². The molecular formula is C24H23O2P. The van der Waals surface area contributed by atoms with E-state index in [9.17, 15) is 10.2 Å². The lowest BCUT2D eigenvalue weighted by atomic mass is 10.1. The lowest BCUT2D eigenvalue weighted by Gasteiger charge is -2.24. The molecule has 0 spiro atoms. The fourth-order valence-corrected chi connectivity index (χ4v) is 6.70. The molecule has 27 heavy (non-hydrogen) atoms. The zero-order valence-electron chi connectivity index (χ0n) is 15.4. The van der Waals surface area contributed by atoms with E-state index in [2.05, 4.69) is 31.2 Å². The number of phenolic OH excluding ortho intramolecular Hbond substituents is 2. The summed E-state index contributed by atoms with van der Waals surface area (Å²) in [5, 5.41) is 28.0. The highest BCUT2D eigenvalue weighted by Crippen LogP contribution is 2.45. The highest BCUT2D eigenvalue weighted by atomic mass is 31.1. The molecule has 0 aliphatic heterocycles. The molecule has 0 amide bonds. The molecule has 0 saturated heterocycles. The van der Waals surface area contributed by atoms with Crippen LogP contribution in [-0.4, -0.2) is 16.4 Å². The van der Waals surface area contributed by atoms with Gasteiger partial charge in [-0.25, -0.2) is 0 Å². The number of aromatic hydroxyl groups is 2. The molecule has 4 aromatic rings. The summed E-state index contributed by atoms with van der Waals surface area (Å²) < 4.78 is 0. The second-order valence-corrected chi connectivity index (χ2v) is 9.01. The van der Waals surface area contributed by atoms with Crippen LogP contribution in [0, 0.1) is 0 Å². The molecular weight excluding hydrogens is 351 g/mol. The van der Waals surface area contributed by atoms with Crippen LogP contribution in [0.5, 0.6) is 11.5 Å². The SMILES string of the molecule is CCCCP(c1c(O)ccc2ccccc12)c1c(O)ccc2ccccc12. The van der Waals surface area contributed by atoms with Gasteiger partial charge in [0.15, 0.2) is 0 Å². The van der Waals surface area contributed by atoms with Crippen molar-refractivity contribution >= 4 is 40.1 Å². The molecule has 0 atom stereocenters. The van der Waals surface area contributed by atoms with Gasteiger partial charge in [-0.15, -0.1) is 0 Å². The van der Waals surface area contributed by atoms with Gasteiger partial charge in [-0.2, -0.15) is 0 Å². The predicted molar refractivity (Wildman–Crippen MR) is 117 cm³/mol. The van der Waals surface area contributed by atoms with Crippen molar-refractivity contribution in [3.05, 3.63) is 72.8 Å². The van der Waals surface area contributed by atoms with Crippen molar-refractivity contribution < 1.29 is 10.2 Å². The summed E-state index contributed by atoms with van der Waals surface area (Å²) in [6, 6.07) is 23.9. The zero-order valence-corrected chi connectivity index (χ0v) is 16.3. The molecule has 0 fully saturated rings. The van der Waals surface area contributed by atoms with Gasteiger partial charge >= 0.3 is 0 Å². The van der Waals surface area contributed by atoms with Gasteiger partial charge in [-0.3, -0.25) is 0 Å². The van der Waals surface area contributed by atoms with Gasteiger partial charge in [-0.05, 0) is 54.2 Å². The van der Waals surface area contributed by atoms with E-state index < -0.39 is 7.92 Å². The molecule has 0 bridgehead atoms. The molecule has 2 N–H and O–H groups in total. The number of hydrogen-bond donors (Lipinski definition) is 2. The third kappa shape index (κ3) is 3.26. The first kappa shape index (κ1) is 17.8. The van der Waals surface area contributed by atoms with Crippen molar-refractivity contribution in [2.24, 2.45) is 0 Å². The third-order valence-corrected chi connectivity index (χ3v) is 7.82. The van der Waals surface area contributed by atoms with E-state index in [-0.39, 0.29) is 0 Å². The molecule has 0 unspecified atom stereocenters. The topological polar surface area (TPSA) is 40.5 Å². The lowest BCUT2D eigenvalue weighted by molar-refractivity contribution is 0.480. The fraction of sp³-hybridized carbons (Fsp3) is 0.167. The standard InChI is InChI=1S/C24H23O2P/c1-2-3-16-27(23-19-10-6-4-8-17(19)12-14-21(23)25)24-20-11-7-5-9-18(20)13-15-22(24)26/h4-15,25-26H,2-3,16H2,1H3. The van der Waals surface area contributed by atoms with Crippen LogP contribution >= 0.6 is 7.92 Å². The molecule has 2 nitrogen and oxygen atoms in total. The van der Waals surface area contributed by atoms with Crippen LogP contribution in [0.1, 0.15) is 19.8 Å². The Labute approximate surface area is 160 Å². The fourth-order valence-electron chi connectivity index (χ4n) is 3.71. The Morgan fingerprint density at radius 2 is 1.15 bits per heavy atom. The summed E-state index contributed by atoms with van der Waals surface area (Å²) >= 11 is 0. The van der Waals surface area contributed by atoms with Crippen LogP contribution in [0.25, 0.3) is 21.5 Å². The summed E-state index contributed by atoms with van der Waals surface area (Å²) in [5.41, 5.74) is 0. The Morgan fingerprint density at radius 1 is 0.667 bits per heavy atom. The molecule has 0 radical (unpaired) electrons. The van der Waals surface area contributed by atoms with Crippen LogP contribution in [0.4, 0.5) is 0 Å². The van der Waals surface area contributed by atoms with Gasteiger partial charge in [0.25, 0.3) is 0 Å². The van der Waals surface area contributed by atoms with Crippen LogP contribution in [0.2, 0.25) is 0 Å². The number of fused-ring (bicyclic) bond motifs is 2. The molecule has 0 saturated carbocycles. The quantitative estimate of drug-likeness (QED) is 0.444. The predicted octanol–water partition coefficient (Wildman–Crippen LogP) is 5.64. The number of unbranched alkanes of at least 4 members (excludes halogenated alkanes) is 1. The number of benzene rings is 4. The first-order valence-corrected chi connectivity index (χ1v) is 10.9. The van der Waals surface area contributed by atoms with Gasteiger partial charge in [-0.1, -0.05) is 74.0 Å². The minimum Gasteiger partial charge on any atom is -0.507 e. The van der Waals surface area contributed by atoms with E-state index >= 15 is 0 Å². The summed E-state index contributed by atoms with van der Waals surface area (Å²) in [7, 11) is -0.898.